The Kier molecular flexibility index (Phi) is 4.63. The van der Waals surface area contributed by atoms with Crippen molar-refractivity contribution in [2.24, 2.45) is 0 Å². The molecular formula is C17H21N3O2S. The van der Waals surface area contributed by atoms with E-state index in [1.807, 2.05) is 35.4 Å². The van der Waals surface area contributed by atoms with E-state index in [4.69, 9.17) is 0 Å². The number of rotatable bonds is 3. The standard InChI is InChI=1S/C17H21N3O2S/c1-13-12-23-17(22)19(13)8-7-16(21)20-10-9-18(2)11-14-5-3-4-6-15(14)20/h3-6,12H,7-11H2,1-2H3. The van der Waals surface area contributed by atoms with Crippen LogP contribution in [-0.4, -0.2) is 35.5 Å². The third-order valence-electron chi connectivity index (χ3n) is 4.25. The van der Waals surface area contributed by atoms with Gasteiger partial charge in [0, 0.05) is 49.4 Å². The Bertz CT molecular complexity index is 765. The second-order valence-electron chi connectivity index (χ2n) is 5.96. The van der Waals surface area contributed by atoms with Crippen molar-refractivity contribution in [2.75, 3.05) is 25.0 Å². The summed E-state index contributed by atoms with van der Waals surface area (Å²) in [6.45, 7) is 4.73. The number of likely N-dealkylation sites (N-methyl/N-ethyl adjacent to an activating group) is 1. The van der Waals surface area contributed by atoms with Gasteiger partial charge in [0.05, 0.1) is 0 Å². The predicted molar refractivity (Wildman–Crippen MR) is 93.1 cm³/mol. The molecule has 0 N–H and O–H groups in total. The largest absolute Gasteiger partial charge is 0.311 e. The van der Waals surface area contributed by atoms with Crippen LogP contribution < -0.4 is 9.77 Å². The van der Waals surface area contributed by atoms with Gasteiger partial charge in [-0.25, -0.2) is 0 Å². The molecule has 0 saturated carbocycles. The first-order valence-electron chi connectivity index (χ1n) is 7.78. The average molecular weight is 331 g/mol. The number of amides is 1. The molecule has 0 atom stereocenters. The van der Waals surface area contributed by atoms with Gasteiger partial charge in [-0.3, -0.25) is 9.59 Å². The van der Waals surface area contributed by atoms with Crippen molar-refractivity contribution >= 4 is 22.9 Å². The minimum Gasteiger partial charge on any atom is -0.311 e. The zero-order chi connectivity index (χ0) is 16.4. The van der Waals surface area contributed by atoms with Crippen molar-refractivity contribution in [3.8, 4) is 0 Å². The summed E-state index contributed by atoms with van der Waals surface area (Å²) in [5, 5.41) is 1.84. The summed E-state index contributed by atoms with van der Waals surface area (Å²) in [6.07, 6.45) is 0.343. The topological polar surface area (TPSA) is 45.6 Å². The van der Waals surface area contributed by atoms with Crippen molar-refractivity contribution in [3.63, 3.8) is 0 Å². The van der Waals surface area contributed by atoms with E-state index in [1.165, 1.54) is 16.9 Å². The molecule has 5 nitrogen and oxygen atoms in total. The molecule has 1 aromatic carbocycles. The molecule has 23 heavy (non-hydrogen) atoms. The quantitative estimate of drug-likeness (QED) is 0.865. The molecular weight excluding hydrogens is 310 g/mol. The van der Waals surface area contributed by atoms with Gasteiger partial charge in [-0.2, -0.15) is 0 Å². The summed E-state index contributed by atoms with van der Waals surface area (Å²) in [5.41, 5.74) is 3.09. The number of benzene rings is 1. The smallest absolute Gasteiger partial charge is 0.307 e. The summed E-state index contributed by atoms with van der Waals surface area (Å²) in [4.78, 5) is 28.6. The molecule has 0 spiro atoms. The highest BCUT2D eigenvalue weighted by Crippen LogP contribution is 2.25. The molecule has 1 aromatic heterocycles. The Hall–Kier alpha value is -1.92. The molecule has 6 heteroatoms. The Balaban J connectivity index is 1.78. The molecule has 3 rings (SSSR count). The fourth-order valence-corrected chi connectivity index (χ4v) is 3.71. The molecule has 2 aromatic rings. The van der Waals surface area contributed by atoms with Gasteiger partial charge in [0.2, 0.25) is 5.91 Å². The number of thiazole rings is 1. The molecule has 1 aliphatic heterocycles. The van der Waals surface area contributed by atoms with E-state index in [0.717, 1.165) is 24.5 Å². The maximum absolute atomic E-state index is 12.7. The molecule has 122 valence electrons. The lowest BCUT2D eigenvalue weighted by molar-refractivity contribution is -0.118. The van der Waals surface area contributed by atoms with Gasteiger partial charge in [0.15, 0.2) is 0 Å². The van der Waals surface area contributed by atoms with Crippen LogP contribution in [0.1, 0.15) is 17.7 Å². The molecule has 0 bridgehead atoms. The zero-order valence-corrected chi connectivity index (χ0v) is 14.3. The number of carbonyl (C=O) groups is 1. The zero-order valence-electron chi connectivity index (χ0n) is 13.5. The lowest BCUT2D eigenvalue weighted by Gasteiger charge is -2.23. The van der Waals surface area contributed by atoms with Crippen molar-refractivity contribution < 1.29 is 4.79 Å². The highest BCUT2D eigenvalue weighted by atomic mass is 32.1. The third kappa shape index (κ3) is 3.38. The fraction of sp³-hybridized carbons (Fsp3) is 0.412. The van der Waals surface area contributed by atoms with E-state index < -0.39 is 0 Å². The van der Waals surface area contributed by atoms with Crippen LogP contribution in [0.4, 0.5) is 5.69 Å². The second-order valence-corrected chi connectivity index (χ2v) is 6.78. The van der Waals surface area contributed by atoms with Crippen molar-refractivity contribution in [1.82, 2.24) is 9.47 Å². The van der Waals surface area contributed by atoms with Gasteiger partial charge in [-0.15, -0.1) is 0 Å². The minimum absolute atomic E-state index is 0.00583. The molecule has 2 heterocycles. The van der Waals surface area contributed by atoms with E-state index >= 15 is 0 Å². The van der Waals surface area contributed by atoms with E-state index in [1.54, 1.807) is 4.57 Å². The fourth-order valence-electron chi connectivity index (χ4n) is 2.94. The molecule has 0 fully saturated rings. The SMILES string of the molecule is Cc1csc(=O)n1CCC(=O)N1CCN(C)Cc2ccccc21. The van der Waals surface area contributed by atoms with Crippen LogP contribution in [0.25, 0.3) is 0 Å². The highest BCUT2D eigenvalue weighted by Gasteiger charge is 2.22. The lowest BCUT2D eigenvalue weighted by atomic mass is 10.1. The normalized spacial score (nSPS) is 15.3. The Morgan fingerprint density at radius 1 is 1.26 bits per heavy atom. The lowest BCUT2D eigenvalue weighted by Crippen LogP contribution is -2.36. The minimum atomic E-state index is 0.00583. The Morgan fingerprint density at radius 3 is 2.78 bits per heavy atom. The predicted octanol–water partition coefficient (Wildman–Crippen LogP) is 2.09. The van der Waals surface area contributed by atoms with Gasteiger partial charge < -0.3 is 14.4 Å². The number of carbonyl (C=O) groups excluding carboxylic acids is 1. The third-order valence-corrected chi connectivity index (χ3v) is 5.14. The van der Waals surface area contributed by atoms with Gasteiger partial charge >= 0.3 is 4.87 Å². The Labute approximate surface area is 139 Å². The summed E-state index contributed by atoms with van der Waals surface area (Å²) in [5.74, 6) is 0.0743. The summed E-state index contributed by atoms with van der Waals surface area (Å²) in [6, 6.07) is 8.06. The van der Waals surface area contributed by atoms with Crippen molar-refractivity contribution in [1.29, 1.82) is 0 Å². The number of nitrogens with zero attached hydrogens (tertiary/aromatic N) is 3. The molecule has 0 aliphatic carbocycles. The summed E-state index contributed by atoms with van der Waals surface area (Å²) >= 11 is 1.19. The van der Waals surface area contributed by atoms with Gasteiger partial charge in [-0.1, -0.05) is 29.5 Å². The van der Waals surface area contributed by atoms with Crippen LogP contribution >= 0.6 is 11.3 Å². The van der Waals surface area contributed by atoms with Gasteiger partial charge in [0.1, 0.15) is 0 Å². The van der Waals surface area contributed by atoms with Crippen molar-refractivity contribution in [3.05, 3.63) is 50.6 Å². The van der Waals surface area contributed by atoms with Crippen LogP contribution in [0.5, 0.6) is 0 Å². The number of fused-ring (bicyclic) bond motifs is 1. The van der Waals surface area contributed by atoms with Crippen LogP contribution in [0.2, 0.25) is 0 Å². The first-order chi connectivity index (χ1) is 11.1. The monoisotopic (exact) mass is 331 g/mol. The molecule has 0 unspecified atom stereocenters. The van der Waals surface area contributed by atoms with E-state index in [-0.39, 0.29) is 10.8 Å². The van der Waals surface area contributed by atoms with Crippen LogP contribution in [0.15, 0.2) is 34.4 Å². The summed E-state index contributed by atoms with van der Waals surface area (Å²) in [7, 11) is 2.07. The maximum atomic E-state index is 12.7. The number of aryl methyl sites for hydroxylation is 1. The highest BCUT2D eigenvalue weighted by molar-refractivity contribution is 7.07. The van der Waals surface area contributed by atoms with Crippen LogP contribution in [0.3, 0.4) is 0 Å². The first-order valence-corrected chi connectivity index (χ1v) is 8.66. The van der Waals surface area contributed by atoms with E-state index in [0.29, 0.717) is 19.5 Å². The maximum Gasteiger partial charge on any atom is 0.307 e. The van der Waals surface area contributed by atoms with E-state index in [9.17, 15) is 9.59 Å². The van der Waals surface area contributed by atoms with Gasteiger partial charge in [-0.05, 0) is 25.6 Å². The van der Waals surface area contributed by atoms with E-state index in [2.05, 4.69) is 18.0 Å². The molecule has 1 amide bonds. The number of hydrogen-bond acceptors (Lipinski definition) is 4. The van der Waals surface area contributed by atoms with Crippen molar-refractivity contribution in [2.45, 2.75) is 26.4 Å². The number of aromatic nitrogens is 1. The number of anilines is 1. The number of hydrogen-bond donors (Lipinski definition) is 0. The van der Waals surface area contributed by atoms with Gasteiger partial charge in [0.25, 0.3) is 0 Å². The number of para-hydroxylation sites is 1. The second kappa shape index (κ2) is 6.68. The van der Waals surface area contributed by atoms with Crippen LogP contribution in [-0.2, 0) is 17.9 Å². The van der Waals surface area contributed by atoms with Crippen LogP contribution in [0, 0.1) is 6.92 Å². The molecule has 0 radical (unpaired) electrons. The average Bonchev–Trinajstić information content (AvgIpc) is 2.75. The Morgan fingerprint density at radius 2 is 2.04 bits per heavy atom. The summed E-state index contributed by atoms with van der Waals surface area (Å²) < 4.78 is 1.68. The first kappa shape index (κ1) is 16.0. The molecule has 1 aliphatic rings. The molecule has 0 saturated heterocycles.